The van der Waals surface area contributed by atoms with Crippen LogP contribution in [0.3, 0.4) is 0 Å². The molecule has 1 aliphatic rings. The molecule has 0 aromatic heterocycles. The minimum Gasteiger partial charge on any atom is -0.492 e. The number of nitrogens with zero attached hydrogens (tertiary/aromatic N) is 2. The van der Waals surface area contributed by atoms with Gasteiger partial charge < -0.3 is 15.0 Å². The van der Waals surface area contributed by atoms with Crippen molar-refractivity contribution in [3.8, 4) is 5.75 Å². The molecule has 1 saturated heterocycles. The second-order valence-corrected chi connectivity index (χ2v) is 8.41. The topological polar surface area (TPSA) is 44.8 Å². The molecule has 1 aromatic carbocycles. The minimum atomic E-state index is -0.0483. The fourth-order valence-corrected chi connectivity index (χ4v) is 3.61. The highest BCUT2D eigenvalue weighted by molar-refractivity contribution is 5.73. The summed E-state index contributed by atoms with van der Waals surface area (Å²) < 4.78 is 5.66. The van der Waals surface area contributed by atoms with E-state index >= 15 is 0 Å². The van der Waals surface area contributed by atoms with E-state index in [0.717, 1.165) is 18.8 Å². The van der Waals surface area contributed by atoms with E-state index < -0.39 is 0 Å². The summed E-state index contributed by atoms with van der Waals surface area (Å²) in [5.41, 5.74) is -0.0417. The molecule has 1 fully saturated rings. The van der Waals surface area contributed by atoms with Crippen LogP contribution < -0.4 is 10.1 Å². The second kappa shape index (κ2) is 9.26. The van der Waals surface area contributed by atoms with Crippen molar-refractivity contribution in [1.82, 2.24) is 15.1 Å². The van der Waals surface area contributed by atoms with Gasteiger partial charge in [-0.25, -0.2) is 4.79 Å². The molecule has 0 aliphatic carbocycles. The summed E-state index contributed by atoms with van der Waals surface area (Å²) in [6.45, 7) is 13.0. The monoisotopic (exact) mass is 361 g/mol. The molecule has 26 heavy (non-hydrogen) atoms. The molecule has 1 aromatic rings. The molecule has 5 heteroatoms. The van der Waals surface area contributed by atoms with Crippen molar-refractivity contribution >= 4 is 6.03 Å². The highest BCUT2D eigenvalue weighted by Gasteiger charge is 2.33. The average molecular weight is 362 g/mol. The molecular formula is C21H35N3O2. The summed E-state index contributed by atoms with van der Waals surface area (Å²) in [5.74, 6) is 2.26. The minimum absolute atomic E-state index is 0.0417. The lowest BCUT2D eigenvalue weighted by Gasteiger charge is -2.45. The molecule has 2 atom stereocenters. The van der Waals surface area contributed by atoms with Crippen LogP contribution in [-0.2, 0) is 0 Å². The zero-order chi connectivity index (χ0) is 19.2. The van der Waals surface area contributed by atoms with Crippen molar-refractivity contribution in [3.05, 3.63) is 30.3 Å². The van der Waals surface area contributed by atoms with Crippen LogP contribution in [0.2, 0.25) is 0 Å². The van der Waals surface area contributed by atoms with Crippen molar-refractivity contribution in [1.29, 1.82) is 0 Å². The third-order valence-corrected chi connectivity index (χ3v) is 5.18. The summed E-state index contributed by atoms with van der Waals surface area (Å²) >= 11 is 0. The lowest BCUT2D eigenvalue weighted by molar-refractivity contribution is 0.0465. The zero-order valence-electron chi connectivity index (χ0n) is 17.0. The smallest absolute Gasteiger partial charge is 0.317 e. The predicted molar refractivity (Wildman–Crippen MR) is 107 cm³/mol. The highest BCUT2D eigenvalue weighted by atomic mass is 16.5. The second-order valence-electron chi connectivity index (χ2n) is 8.41. The summed E-state index contributed by atoms with van der Waals surface area (Å²) in [5, 5.41) is 3.09. The fraction of sp³-hybridized carbons (Fsp3) is 0.667. The zero-order valence-corrected chi connectivity index (χ0v) is 17.0. The molecular weight excluding hydrogens is 326 g/mol. The van der Waals surface area contributed by atoms with Crippen LogP contribution in [0.4, 0.5) is 4.79 Å². The number of piperidine rings is 1. The number of rotatable bonds is 7. The Kier molecular flexibility index (Phi) is 7.33. The lowest BCUT2D eigenvalue weighted by Crippen LogP contribution is -2.57. The molecule has 0 saturated carbocycles. The predicted octanol–water partition coefficient (Wildman–Crippen LogP) is 3.46. The Hall–Kier alpha value is -1.75. The Labute approximate surface area is 158 Å². The number of likely N-dealkylation sites (tertiary alicyclic amines) is 1. The van der Waals surface area contributed by atoms with Crippen LogP contribution in [0.15, 0.2) is 30.3 Å². The van der Waals surface area contributed by atoms with Gasteiger partial charge in [0, 0.05) is 32.2 Å². The number of amides is 2. The molecule has 1 heterocycles. The molecule has 5 nitrogen and oxygen atoms in total. The van der Waals surface area contributed by atoms with Crippen molar-refractivity contribution in [2.75, 3.05) is 39.8 Å². The molecule has 1 aliphatic heterocycles. The van der Waals surface area contributed by atoms with E-state index in [1.807, 2.05) is 37.4 Å². The van der Waals surface area contributed by atoms with Crippen LogP contribution in [0, 0.1) is 11.8 Å². The molecule has 0 bridgehead atoms. The van der Waals surface area contributed by atoms with Gasteiger partial charge in [-0.15, -0.1) is 0 Å². The Morgan fingerprint density at radius 2 is 1.85 bits per heavy atom. The van der Waals surface area contributed by atoms with Crippen LogP contribution in [0.25, 0.3) is 0 Å². The number of hydrogen-bond donors (Lipinski definition) is 1. The molecule has 2 unspecified atom stereocenters. The van der Waals surface area contributed by atoms with E-state index in [1.54, 1.807) is 4.90 Å². The van der Waals surface area contributed by atoms with Gasteiger partial charge in [0.2, 0.25) is 0 Å². The molecule has 0 spiro atoms. The quantitative estimate of drug-likeness (QED) is 0.809. The SMILES string of the molecule is CC1CC(C)CN(C(C)(C)CNC(=O)N(C)CCOc2ccccc2)C1. The third-order valence-electron chi connectivity index (χ3n) is 5.18. The van der Waals surface area contributed by atoms with E-state index in [0.29, 0.717) is 31.5 Å². The van der Waals surface area contributed by atoms with Gasteiger partial charge in [-0.3, -0.25) is 4.90 Å². The van der Waals surface area contributed by atoms with Crippen molar-refractivity contribution < 1.29 is 9.53 Å². The molecule has 146 valence electrons. The number of likely N-dealkylation sites (N-methyl/N-ethyl adjacent to an activating group) is 1. The number of carbonyl (C=O) groups is 1. The number of nitrogens with one attached hydrogen (secondary N) is 1. The van der Waals surface area contributed by atoms with Crippen molar-refractivity contribution in [2.45, 2.75) is 39.7 Å². The first-order valence-electron chi connectivity index (χ1n) is 9.70. The van der Waals surface area contributed by atoms with E-state index in [1.165, 1.54) is 6.42 Å². The Bertz CT molecular complexity index is 552. The Balaban J connectivity index is 1.73. The van der Waals surface area contributed by atoms with Crippen LogP contribution in [0.1, 0.15) is 34.1 Å². The normalized spacial score (nSPS) is 21.3. The number of carbonyl (C=O) groups excluding carboxylic acids is 1. The first-order valence-corrected chi connectivity index (χ1v) is 9.70. The summed E-state index contributed by atoms with van der Waals surface area (Å²) in [4.78, 5) is 16.6. The van der Waals surface area contributed by atoms with Gasteiger partial charge in [-0.05, 0) is 44.2 Å². The van der Waals surface area contributed by atoms with Gasteiger partial charge >= 0.3 is 6.03 Å². The average Bonchev–Trinajstić information content (AvgIpc) is 2.59. The van der Waals surface area contributed by atoms with Gasteiger partial charge in [0.15, 0.2) is 0 Å². The first-order chi connectivity index (χ1) is 12.3. The standard InChI is InChI=1S/C21H35N3O2/c1-17-13-18(2)15-24(14-17)21(3,4)16-22-20(25)23(5)11-12-26-19-9-7-6-8-10-19/h6-10,17-18H,11-16H2,1-5H3,(H,22,25). The molecule has 2 amide bonds. The maximum absolute atomic E-state index is 12.4. The van der Waals surface area contributed by atoms with Crippen LogP contribution in [-0.4, -0.2) is 61.2 Å². The molecule has 1 N–H and O–H groups in total. The van der Waals surface area contributed by atoms with Gasteiger partial charge in [-0.2, -0.15) is 0 Å². The van der Waals surface area contributed by atoms with Gasteiger partial charge in [0.25, 0.3) is 0 Å². The van der Waals surface area contributed by atoms with E-state index in [2.05, 4.69) is 37.9 Å². The van der Waals surface area contributed by atoms with Gasteiger partial charge in [-0.1, -0.05) is 32.0 Å². The summed E-state index contributed by atoms with van der Waals surface area (Å²) in [7, 11) is 1.81. The number of urea groups is 1. The van der Waals surface area contributed by atoms with Crippen molar-refractivity contribution in [3.63, 3.8) is 0 Å². The van der Waals surface area contributed by atoms with Gasteiger partial charge in [0.1, 0.15) is 12.4 Å². The largest absolute Gasteiger partial charge is 0.492 e. The lowest BCUT2D eigenvalue weighted by atomic mass is 9.88. The third kappa shape index (κ3) is 6.20. The Morgan fingerprint density at radius 3 is 2.46 bits per heavy atom. The van der Waals surface area contributed by atoms with Crippen molar-refractivity contribution in [2.24, 2.45) is 11.8 Å². The Morgan fingerprint density at radius 1 is 1.23 bits per heavy atom. The van der Waals surface area contributed by atoms with E-state index in [-0.39, 0.29) is 11.6 Å². The fourth-order valence-electron chi connectivity index (χ4n) is 3.61. The summed E-state index contributed by atoms with van der Waals surface area (Å²) in [6.07, 6.45) is 1.29. The summed E-state index contributed by atoms with van der Waals surface area (Å²) in [6, 6.07) is 9.63. The van der Waals surface area contributed by atoms with E-state index in [4.69, 9.17) is 4.74 Å². The maximum atomic E-state index is 12.4. The molecule has 0 radical (unpaired) electrons. The molecule has 2 rings (SSSR count). The number of benzene rings is 1. The maximum Gasteiger partial charge on any atom is 0.317 e. The van der Waals surface area contributed by atoms with E-state index in [9.17, 15) is 4.79 Å². The highest BCUT2D eigenvalue weighted by Crippen LogP contribution is 2.26. The number of para-hydroxylation sites is 1. The van der Waals surface area contributed by atoms with Gasteiger partial charge in [0.05, 0.1) is 6.54 Å². The van der Waals surface area contributed by atoms with Crippen LogP contribution in [0.5, 0.6) is 5.75 Å². The number of ether oxygens (including phenoxy) is 1. The first kappa shape index (κ1) is 20.6. The van der Waals surface area contributed by atoms with Crippen LogP contribution >= 0.6 is 0 Å². The number of hydrogen-bond acceptors (Lipinski definition) is 3.